The average molecular weight is 386 g/mol. The maximum atomic E-state index is 12.9. The molecule has 13 heteroatoms. The van der Waals surface area contributed by atoms with E-state index in [1.807, 2.05) is 7.05 Å². The van der Waals surface area contributed by atoms with Crippen LogP contribution in [0.4, 0.5) is 0 Å². The summed E-state index contributed by atoms with van der Waals surface area (Å²) >= 11 is 1.51. The third-order valence-corrected chi connectivity index (χ3v) is 5.32. The third-order valence-electron chi connectivity index (χ3n) is 4.26. The fourth-order valence-corrected chi connectivity index (χ4v) is 4.15. The molecule has 4 aromatic heterocycles. The number of aliphatic imine (C=N–C) groups is 1. The molecule has 0 fully saturated rings. The van der Waals surface area contributed by atoms with E-state index in [1.54, 1.807) is 21.8 Å². The first kappa shape index (κ1) is 16.0. The first-order valence-electron chi connectivity index (χ1n) is 8.03. The first-order valence-corrected chi connectivity index (χ1v) is 8.84. The predicted molar refractivity (Wildman–Crippen MR) is 97.0 cm³/mol. The molecule has 27 heavy (non-hydrogen) atoms. The quantitative estimate of drug-likeness (QED) is 0.396. The van der Waals surface area contributed by atoms with Crippen LogP contribution < -0.4 is 16.4 Å². The van der Waals surface area contributed by atoms with Gasteiger partial charge < -0.3 is 15.1 Å². The van der Waals surface area contributed by atoms with Crippen molar-refractivity contribution >= 4 is 38.4 Å². The summed E-state index contributed by atoms with van der Waals surface area (Å²) in [6, 6.07) is 0. The van der Waals surface area contributed by atoms with E-state index < -0.39 is 6.35 Å². The second-order valence-corrected chi connectivity index (χ2v) is 7.08. The zero-order valence-corrected chi connectivity index (χ0v) is 14.9. The van der Waals surface area contributed by atoms with Gasteiger partial charge in [0.25, 0.3) is 5.56 Å². The van der Waals surface area contributed by atoms with Gasteiger partial charge in [0, 0.05) is 12.4 Å². The van der Waals surface area contributed by atoms with Crippen molar-refractivity contribution < 1.29 is 5.11 Å². The Bertz CT molecular complexity index is 1230. The maximum Gasteiger partial charge on any atom is 0.291 e. The van der Waals surface area contributed by atoms with Crippen molar-refractivity contribution in [2.24, 2.45) is 12.0 Å². The summed E-state index contributed by atoms with van der Waals surface area (Å²) in [5.41, 5.74) is 6.26. The number of nitrogens with zero attached hydrogens (tertiary/aromatic N) is 8. The molecule has 1 aliphatic heterocycles. The zero-order valence-electron chi connectivity index (χ0n) is 14.1. The van der Waals surface area contributed by atoms with Crippen LogP contribution in [0.25, 0.3) is 21.3 Å². The number of rotatable bonds is 4. The molecule has 138 valence electrons. The lowest BCUT2D eigenvalue weighted by atomic mass is 10.3. The Labute approximate surface area is 154 Å². The van der Waals surface area contributed by atoms with Gasteiger partial charge in [0.15, 0.2) is 5.65 Å². The standard InChI is InChI=1S/C14H14N10O2S/c1-22-10-7(2-16-24(13(10)25)3-8-18-14(26)21-20-8)11-12(22)19-9(27-11)4-23-6-15-5-17-23/h2,5-6,14,21,26H,3-4H2,1H3,(H,18,20). The normalized spacial score (nSPS) is 17.0. The molecule has 1 atom stereocenters. The van der Waals surface area contributed by atoms with Gasteiger partial charge in [-0.15, -0.1) is 11.3 Å². The molecule has 0 saturated carbocycles. The monoisotopic (exact) mass is 386 g/mol. The lowest BCUT2D eigenvalue weighted by molar-refractivity contribution is 0.152. The zero-order chi connectivity index (χ0) is 18.5. The van der Waals surface area contributed by atoms with Crippen molar-refractivity contribution in [1.82, 2.24) is 44.9 Å². The lowest BCUT2D eigenvalue weighted by Gasteiger charge is -2.05. The molecule has 1 aliphatic rings. The molecule has 5 heterocycles. The molecule has 0 saturated heterocycles. The van der Waals surface area contributed by atoms with Crippen LogP contribution in [0.2, 0.25) is 0 Å². The molecular weight excluding hydrogens is 372 g/mol. The van der Waals surface area contributed by atoms with Gasteiger partial charge in [-0.05, 0) is 0 Å². The number of nitrogens with one attached hydrogen (secondary N) is 2. The molecule has 0 spiro atoms. The van der Waals surface area contributed by atoms with Crippen molar-refractivity contribution in [3.8, 4) is 0 Å². The molecule has 12 nitrogen and oxygen atoms in total. The molecule has 0 bridgehead atoms. The number of amidine groups is 1. The Kier molecular flexibility index (Phi) is 3.53. The summed E-state index contributed by atoms with van der Waals surface area (Å²) in [4.78, 5) is 25.4. The molecular formula is C14H14N10O2S. The Morgan fingerprint density at radius 2 is 2.22 bits per heavy atom. The molecule has 0 aromatic carbocycles. The second kappa shape index (κ2) is 5.94. The van der Waals surface area contributed by atoms with Crippen LogP contribution in [0, 0.1) is 0 Å². The molecule has 4 aromatic rings. The number of fused-ring (bicyclic) bond motifs is 3. The topological polar surface area (TPSA) is 140 Å². The molecule has 0 amide bonds. The minimum atomic E-state index is -1.02. The summed E-state index contributed by atoms with van der Waals surface area (Å²) in [5, 5.41) is 19.3. The number of aliphatic hydroxyl groups is 1. The maximum absolute atomic E-state index is 12.9. The fourth-order valence-electron chi connectivity index (χ4n) is 3.05. The van der Waals surface area contributed by atoms with Gasteiger partial charge in [-0.1, -0.05) is 0 Å². The van der Waals surface area contributed by atoms with Crippen molar-refractivity contribution in [1.29, 1.82) is 0 Å². The van der Waals surface area contributed by atoms with Crippen molar-refractivity contribution in [3.05, 3.63) is 34.2 Å². The van der Waals surface area contributed by atoms with E-state index in [1.165, 1.54) is 22.3 Å². The first-order chi connectivity index (χ1) is 13.1. The fraction of sp³-hybridized carbons (Fsp3) is 0.286. The molecule has 1 unspecified atom stereocenters. The van der Waals surface area contributed by atoms with E-state index >= 15 is 0 Å². The van der Waals surface area contributed by atoms with E-state index in [0.717, 1.165) is 20.7 Å². The Morgan fingerprint density at radius 3 is 2.96 bits per heavy atom. The van der Waals surface area contributed by atoms with E-state index in [4.69, 9.17) is 0 Å². The van der Waals surface area contributed by atoms with E-state index in [9.17, 15) is 9.90 Å². The van der Waals surface area contributed by atoms with Crippen LogP contribution in [0.3, 0.4) is 0 Å². The van der Waals surface area contributed by atoms with Gasteiger partial charge in [0.05, 0.1) is 17.4 Å². The highest BCUT2D eigenvalue weighted by Gasteiger charge is 2.20. The minimum absolute atomic E-state index is 0.128. The van der Waals surface area contributed by atoms with E-state index in [-0.39, 0.29) is 12.1 Å². The number of hydrogen-bond acceptors (Lipinski definition) is 10. The average Bonchev–Trinajstić information content (AvgIpc) is 3.40. The highest BCUT2D eigenvalue weighted by Crippen LogP contribution is 2.30. The van der Waals surface area contributed by atoms with Crippen molar-refractivity contribution in [3.63, 3.8) is 0 Å². The van der Waals surface area contributed by atoms with Gasteiger partial charge in [0.2, 0.25) is 6.35 Å². The van der Waals surface area contributed by atoms with Crippen LogP contribution in [-0.2, 0) is 20.1 Å². The Balaban J connectivity index is 1.57. The molecule has 3 N–H and O–H groups in total. The number of hydrazine groups is 1. The summed E-state index contributed by atoms with van der Waals surface area (Å²) in [6.07, 6.45) is 3.76. The van der Waals surface area contributed by atoms with Crippen LogP contribution in [-0.4, -0.2) is 51.4 Å². The summed E-state index contributed by atoms with van der Waals surface area (Å²) in [7, 11) is 1.81. The van der Waals surface area contributed by atoms with Crippen molar-refractivity contribution in [2.45, 2.75) is 19.4 Å². The summed E-state index contributed by atoms with van der Waals surface area (Å²) in [5.74, 6) is 0.431. The lowest BCUT2D eigenvalue weighted by Crippen LogP contribution is -2.38. The third kappa shape index (κ3) is 2.59. The van der Waals surface area contributed by atoms with Gasteiger partial charge in [0.1, 0.15) is 35.6 Å². The van der Waals surface area contributed by atoms with E-state index in [2.05, 4.69) is 36.0 Å². The largest absolute Gasteiger partial charge is 0.358 e. The van der Waals surface area contributed by atoms with Gasteiger partial charge in [-0.2, -0.15) is 15.6 Å². The number of aliphatic hydroxyl groups excluding tert-OH is 1. The van der Waals surface area contributed by atoms with E-state index in [0.29, 0.717) is 17.9 Å². The number of thiazole rings is 1. The molecule has 0 radical (unpaired) electrons. The summed E-state index contributed by atoms with van der Waals surface area (Å²) < 4.78 is 5.69. The highest BCUT2D eigenvalue weighted by atomic mass is 32.1. The van der Waals surface area contributed by atoms with Crippen LogP contribution in [0.5, 0.6) is 0 Å². The number of hydrogen-bond donors (Lipinski definition) is 3. The smallest absolute Gasteiger partial charge is 0.291 e. The second-order valence-electron chi connectivity index (χ2n) is 6.00. The van der Waals surface area contributed by atoms with Crippen LogP contribution >= 0.6 is 11.3 Å². The predicted octanol–water partition coefficient (Wildman–Crippen LogP) is -1.23. The Morgan fingerprint density at radius 1 is 1.33 bits per heavy atom. The molecule has 0 aliphatic carbocycles. The van der Waals surface area contributed by atoms with Crippen LogP contribution in [0.1, 0.15) is 5.01 Å². The van der Waals surface area contributed by atoms with Gasteiger partial charge in [-0.25, -0.2) is 24.3 Å². The number of aromatic nitrogens is 7. The number of aryl methyl sites for hydroxylation is 1. The van der Waals surface area contributed by atoms with Crippen LogP contribution in [0.15, 0.2) is 28.6 Å². The summed E-state index contributed by atoms with van der Waals surface area (Å²) in [6.45, 7) is 0.648. The van der Waals surface area contributed by atoms with Gasteiger partial charge in [-0.3, -0.25) is 4.79 Å². The van der Waals surface area contributed by atoms with Gasteiger partial charge >= 0.3 is 0 Å². The minimum Gasteiger partial charge on any atom is -0.358 e. The molecule has 5 rings (SSSR count). The Hall–Kier alpha value is -3.16. The SMILES string of the molecule is Cn1c2nc(Cn3cncn3)sc2c2cnn(CC3=NC(O)NN3)c(=O)c21. The van der Waals surface area contributed by atoms with Crippen molar-refractivity contribution in [2.75, 3.05) is 0 Å². The highest BCUT2D eigenvalue weighted by molar-refractivity contribution is 7.19.